The second kappa shape index (κ2) is 9.21. The average Bonchev–Trinajstić information content (AvgIpc) is 3.21. The van der Waals surface area contributed by atoms with E-state index >= 15 is 0 Å². The normalized spacial score (nSPS) is 16.3. The molecule has 1 aromatic heterocycles. The van der Waals surface area contributed by atoms with Crippen molar-refractivity contribution < 1.29 is 13.2 Å². The number of fused-ring (bicyclic) bond motifs is 1. The number of benzene rings is 2. The van der Waals surface area contributed by atoms with Crippen molar-refractivity contribution in [2.45, 2.75) is 55.4 Å². The summed E-state index contributed by atoms with van der Waals surface area (Å²) in [6.07, 6.45) is 7.96. The number of carbonyl (C=O) groups excluding carboxylic acids is 1. The van der Waals surface area contributed by atoms with Crippen LogP contribution in [0.5, 0.6) is 0 Å². The fourth-order valence-electron chi connectivity index (χ4n) is 4.42. The molecule has 0 aliphatic heterocycles. The van der Waals surface area contributed by atoms with Crippen LogP contribution < -0.4 is 16.0 Å². The molecule has 1 unspecified atom stereocenters. The largest absolute Gasteiger partial charge is 0.361 e. The number of aromatic amines is 1. The Kier molecular flexibility index (Phi) is 6.41. The zero-order chi connectivity index (χ0) is 21.8. The standard InChI is InChI=1S/C23H28N4O3S/c24-26-23(28)22(14-18-15-25-21-9-5-4-8-20(18)21)27-31(29,30)19-12-10-17(11-13-19)16-6-2-1-3-7-16/h4-5,8-13,15-16,22,25,27H,1-3,6-7,14,24H2,(H,26,28). The number of nitrogens with two attached hydrogens (primary N) is 1. The van der Waals surface area contributed by atoms with Crippen molar-refractivity contribution in [1.29, 1.82) is 0 Å². The molecule has 1 atom stereocenters. The number of para-hydroxylation sites is 1. The minimum Gasteiger partial charge on any atom is -0.361 e. The topological polar surface area (TPSA) is 117 Å². The van der Waals surface area contributed by atoms with Gasteiger partial charge in [-0.15, -0.1) is 0 Å². The van der Waals surface area contributed by atoms with E-state index in [-0.39, 0.29) is 11.3 Å². The Balaban J connectivity index is 1.53. The van der Waals surface area contributed by atoms with Gasteiger partial charge in [0.1, 0.15) is 6.04 Å². The van der Waals surface area contributed by atoms with Crippen LogP contribution in [0.15, 0.2) is 59.6 Å². The fourth-order valence-corrected chi connectivity index (χ4v) is 5.61. The van der Waals surface area contributed by atoms with E-state index in [0.717, 1.165) is 29.3 Å². The van der Waals surface area contributed by atoms with Crippen LogP contribution in [-0.4, -0.2) is 25.4 Å². The van der Waals surface area contributed by atoms with Crippen LogP contribution in [0, 0.1) is 0 Å². The van der Waals surface area contributed by atoms with Gasteiger partial charge in [0.15, 0.2) is 0 Å². The summed E-state index contributed by atoms with van der Waals surface area (Å²) < 4.78 is 28.5. The number of sulfonamides is 1. The molecule has 1 fully saturated rings. The molecule has 1 heterocycles. The molecule has 3 aromatic rings. The van der Waals surface area contributed by atoms with Gasteiger partial charge in [-0.25, -0.2) is 14.3 Å². The van der Waals surface area contributed by atoms with E-state index in [9.17, 15) is 13.2 Å². The highest BCUT2D eigenvalue weighted by Gasteiger charge is 2.27. The van der Waals surface area contributed by atoms with Crippen molar-refractivity contribution in [2.75, 3.05) is 0 Å². The smallest absolute Gasteiger partial charge is 0.252 e. The number of hydrogen-bond acceptors (Lipinski definition) is 4. The number of hydrazine groups is 1. The van der Waals surface area contributed by atoms with E-state index in [1.54, 1.807) is 18.3 Å². The summed E-state index contributed by atoms with van der Waals surface area (Å²) in [4.78, 5) is 15.7. The molecule has 8 heteroatoms. The van der Waals surface area contributed by atoms with Crippen LogP contribution in [0.25, 0.3) is 10.9 Å². The van der Waals surface area contributed by atoms with Crippen molar-refractivity contribution in [3.05, 3.63) is 65.9 Å². The van der Waals surface area contributed by atoms with Gasteiger partial charge in [0.2, 0.25) is 10.0 Å². The summed E-state index contributed by atoms with van der Waals surface area (Å²) in [7, 11) is -3.90. The van der Waals surface area contributed by atoms with Crippen molar-refractivity contribution in [1.82, 2.24) is 15.1 Å². The molecular formula is C23H28N4O3S. The van der Waals surface area contributed by atoms with Crippen molar-refractivity contribution in [3.8, 4) is 0 Å². The maximum atomic E-state index is 13.0. The lowest BCUT2D eigenvalue weighted by atomic mass is 9.84. The van der Waals surface area contributed by atoms with Crippen LogP contribution in [0.3, 0.4) is 0 Å². The third-order valence-corrected chi connectivity index (χ3v) is 7.61. The van der Waals surface area contributed by atoms with E-state index in [2.05, 4.69) is 15.1 Å². The number of H-pyrrole nitrogens is 1. The van der Waals surface area contributed by atoms with Gasteiger partial charge in [-0.05, 0) is 54.5 Å². The Hall–Kier alpha value is -2.68. The molecule has 0 spiro atoms. The molecule has 2 aromatic carbocycles. The number of rotatable bonds is 7. The SMILES string of the molecule is NNC(=O)C(Cc1c[nH]c2ccccc12)NS(=O)(=O)c1ccc(C2CCCCC2)cc1. The molecule has 31 heavy (non-hydrogen) atoms. The molecule has 0 radical (unpaired) electrons. The molecule has 164 valence electrons. The molecule has 1 saturated carbocycles. The number of hydrogen-bond donors (Lipinski definition) is 4. The van der Waals surface area contributed by atoms with E-state index in [1.165, 1.54) is 24.8 Å². The number of nitrogens with one attached hydrogen (secondary N) is 3. The lowest BCUT2D eigenvalue weighted by Gasteiger charge is -2.22. The van der Waals surface area contributed by atoms with Crippen LogP contribution in [0.1, 0.15) is 49.1 Å². The summed E-state index contributed by atoms with van der Waals surface area (Å²) in [5.41, 5.74) is 5.01. The Morgan fingerprint density at radius 3 is 2.48 bits per heavy atom. The third-order valence-electron chi connectivity index (χ3n) is 6.12. The van der Waals surface area contributed by atoms with Crippen LogP contribution in [0.4, 0.5) is 0 Å². The molecule has 1 aliphatic rings. The van der Waals surface area contributed by atoms with E-state index in [4.69, 9.17) is 5.84 Å². The Morgan fingerprint density at radius 2 is 1.77 bits per heavy atom. The monoisotopic (exact) mass is 440 g/mol. The molecule has 0 saturated heterocycles. The van der Waals surface area contributed by atoms with Crippen LogP contribution >= 0.6 is 0 Å². The van der Waals surface area contributed by atoms with Gasteiger partial charge in [0.05, 0.1) is 4.90 Å². The molecule has 4 rings (SSSR count). The predicted octanol–water partition coefficient (Wildman–Crippen LogP) is 3.10. The Labute approximate surface area is 182 Å². The molecule has 1 amide bonds. The van der Waals surface area contributed by atoms with E-state index < -0.39 is 22.0 Å². The highest BCUT2D eigenvalue weighted by atomic mass is 32.2. The second-order valence-corrected chi connectivity index (χ2v) is 9.86. The molecule has 5 N–H and O–H groups in total. The summed E-state index contributed by atoms with van der Waals surface area (Å²) >= 11 is 0. The minimum absolute atomic E-state index is 0.140. The average molecular weight is 441 g/mol. The predicted molar refractivity (Wildman–Crippen MR) is 121 cm³/mol. The first-order chi connectivity index (χ1) is 15.0. The lowest BCUT2D eigenvalue weighted by Crippen LogP contribution is -2.49. The fraction of sp³-hybridized carbons (Fsp3) is 0.348. The maximum Gasteiger partial charge on any atom is 0.252 e. The summed E-state index contributed by atoms with van der Waals surface area (Å²) in [6, 6.07) is 13.6. The van der Waals surface area contributed by atoms with Crippen LogP contribution in [-0.2, 0) is 21.2 Å². The quantitative estimate of drug-likeness (QED) is 0.257. The summed E-state index contributed by atoms with van der Waals surface area (Å²) in [5.74, 6) is 5.24. The number of carbonyl (C=O) groups is 1. The summed E-state index contributed by atoms with van der Waals surface area (Å²) in [6.45, 7) is 0. The highest BCUT2D eigenvalue weighted by molar-refractivity contribution is 7.89. The molecule has 1 aliphatic carbocycles. The zero-order valence-electron chi connectivity index (χ0n) is 17.3. The van der Waals surface area contributed by atoms with Crippen molar-refractivity contribution >= 4 is 26.8 Å². The number of amides is 1. The van der Waals surface area contributed by atoms with Gasteiger partial charge in [-0.3, -0.25) is 10.2 Å². The van der Waals surface area contributed by atoms with Crippen molar-refractivity contribution in [2.24, 2.45) is 5.84 Å². The minimum atomic E-state index is -3.90. The highest BCUT2D eigenvalue weighted by Crippen LogP contribution is 2.33. The Bertz CT molecular complexity index is 1150. The zero-order valence-corrected chi connectivity index (χ0v) is 18.1. The first-order valence-corrected chi connectivity index (χ1v) is 12.1. The first-order valence-electron chi connectivity index (χ1n) is 10.7. The maximum absolute atomic E-state index is 13.0. The third kappa shape index (κ3) is 4.81. The van der Waals surface area contributed by atoms with Crippen molar-refractivity contribution in [3.63, 3.8) is 0 Å². The lowest BCUT2D eigenvalue weighted by molar-refractivity contribution is -0.122. The van der Waals surface area contributed by atoms with Gasteiger partial charge >= 0.3 is 0 Å². The van der Waals surface area contributed by atoms with Crippen LogP contribution in [0.2, 0.25) is 0 Å². The van der Waals surface area contributed by atoms with Gasteiger partial charge in [0, 0.05) is 17.1 Å². The van der Waals surface area contributed by atoms with E-state index in [1.807, 2.05) is 36.4 Å². The van der Waals surface area contributed by atoms with E-state index in [0.29, 0.717) is 5.92 Å². The van der Waals surface area contributed by atoms with Gasteiger partial charge in [-0.1, -0.05) is 49.6 Å². The van der Waals surface area contributed by atoms with Gasteiger partial charge in [-0.2, -0.15) is 4.72 Å². The Morgan fingerprint density at radius 1 is 1.06 bits per heavy atom. The number of aromatic nitrogens is 1. The molecule has 7 nitrogen and oxygen atoms in total. The molecule has 0 bridgehead atoms. The molecular weight excluding hydrogens is 412 g/mol. The van der Waals surface area contributed by atoms with Gasteiger partial charge < -0.3 is 4.98 Å². The second-order valence-electron chi connectivity index (χ2n) is 8.15. The first kappa shape index (κ1) is 21.5. The van der Waals surface area contributed by atoms with Gasteiger partial charge in [0.25, 0.3) is 5.91 Å². The summed E-state index contributed by atoms with van der Waals surface area (Å²) in [5, 5.41) is 0.938.